The van der Waals surface area contributed by atoms with Crippen LogP contribution in [0.5, 0.6) is 0 Å². The van der Waals surface area contributed by atoms with Gasteiger partial charge < -0.3 is 20.0 Å². The number of amides is 1. The molecule has 7 nitrogen and oxygen atoms in total. The second-order valence-electron chi connectivity index (χ2n) is 8.84. The van der Waals surface area contributed by atoms with Crippen molar-refractivity contribution in [1.29, 1.82) is 0 Å². The average Bonchev–Trinajstić information content (AvgIpc) is 2.81. The summed E-state index contributed by atoms with van der Waals surface area (Å²) in [5.41, 5.74) is 4.62. The number of hydrogen-bond donors (Lipinski definition) is 1. The number of likely N-dealkylation sites (tertiary alicyclic amines) is 1. The average molecular weight is 435 g/mol. The number of rotatable bonds is 6. The number of hydrogen-bond acceptors (Lipinski definition) is 6. The van der Waals surface area contributed by atoms with Gasteiger partial charge in [-0.15, -0.1) is 0 Å². The molecule has 0 aliphatic carbocycles. The Morgan fingerprint density at radius 2 is 2.06 bits per heavy atom. The van der Waals surface area contributed by atoms with E-state index in [1.165, 1.54) is 5.57 Å². The summed E-state index contributed by atoms with van der Waals surface area (Å²) in [4.78, 5) is 27.1. The molecule has 32 heavy (non-hydrogen) atoms. The number of carbonyl (C=O) groups excluding carboxylic acids is 1. The van der Waals surface area contributed by atoms with Crippen LogP contribution in [0.15, 0.2) is 53.1 Å². The van der Waals surface area contributed by atoms with Crippen LogP contribution in [0.25, 0.3) is 5.57 Å². The maximum atomic E-state index is 11.0. The normalized spacial score (nSPS) is 21.4. The fourth-order valence-electron chi connectivity index (χ4n) is 4.35. The maximum Gasteiger partial charge on any atom is 0.209 e. The number of pyridine rings is 1. The summed E-state index contributed by atoms with van der Waals surface area (Å²) >= 11 is 0. The molecule has 1 N–H and O–H groups in total. The van der Waals surface area contributed by atoms with Gasteiger partial charge in [-0.25, -0.2) is 4.99 Å². The molecule has 4 rings (SSSR count). The molecule has 1 aromatic rings. The van der Waals surface area contributed by atoms with Crippen LogP contribution in [0.4, 0.5) is 0 Å². The molecule has 0 radical (unpaired) electrons. The molecule has 0 aromatic carbocycles. The molecular weight excluding hydrogens is 400 g/mol. The number of carbonyl (C=O) groups is 1. The van der Waals surface area contributed by atoms with Crippen molar-refractivity contribution in [1.82, 2.24) is 25.0 Å². The Morgan fingerprint density at radius 1 is 1.28 bits per heavy atom. The van der Waals surface area contributed by atoms with E-state index in [4.69, 9.17) is 9.98 Å². The van der Waals surface area contributed by atoms with E-state index in [1.807, 2.05) is 17.2 Å². The zero-order valence-corrected chi connectivity index (χ0v) is 19.4. The van der Waals surface area contributed by atoms with E-state index in [1.54, 1.807) is 0 Å². The molecule has 0 spiro atoms. The number of amidine groups is 1. The van der Waals surface area contributed by atoms with E-state index >= 15 is 0 Å². The van der Waals surface area contributed by atoms with Crippen molar-refractivity contribution in [3.8, 4) is 0 Å². The van der Waals surface area contributed by atoms with Gasteiger partial charge in [-0.2, -0.15) is 0 Å². The van der Waals surface area contributed by atoms with Crippen LogP contribution in [0.1, 0.15) is 31.5 Å². The molecule has 3 aliphatic heterocycles. The van der Waals surface area contributed by atoms with Crippen molar-refractivity contribution >= 4 is 17.8 Å². The molecule has 170 valence electrons. The van der Waals surface area contributed by atoms with Gasteiger partial charge in [0.15, 0.2) is 0 Å². The summed E-state index contributed by atoms with van der Waals surface area (Å²) in [6, 6.07) is 4.17. The monoisotopic (exact) mass is 434 g/mol. The lowest BCUT2D eigenvalue weighted by molar-refractivity contribution is -0.123. The molecular formula is C25H34N6O. The number of nitrogens with zero attached hydrogens (tertiary/aromatic N) is 5. The lowest BCUT2D eigenvalue weighted by atomic mass is 9.90. The van der Waals surface area contributed by atoms with Crippen molar-refractivity contribution < 1.29 is 4.79 Å². The van der Waals surface area contributed by atoms with Gasteiger partial charge in [0.1, 0.15) is 11.7 Å². The van der Waals surface area contributed by atoms with Gasteiger partial charge in [0, 0.05) is 75.5 Å². The number of aliphatic imine (C=N–C) groups is 1. The van der Waals surface area contributed by atoms with Gasteiger partial charge >= 0.3 is 0 Å². The third-order valence-electron chi connectivity index (χ3n) is 6.43. The van der Waals surface area contributed by atoms with E-state index in [-0.39, 0.29) is 0 Å². The summed E-state index contributed by atoms with van der Waals surface area (Å²) in [7, 11) is 2.06. The van der Waals surface area contributed by atoms with Crippen LogP contribution < -0.4 is 5.32 Å². The van der Waals surface area contributed by atoms with Crippen LogP contribution in [-0.2, 0) is 11.2 Å². The molecule has 4 heterocycles. The summed E-state index contributed by atoms with van der Waals surface area (Å²) in [6.07, 6.45) is 11.1. The summed E-state index contributed by atoms with van der Waals surface area (Å²) in [5, 5.41) is 3.41. The first kappa shape index (κ1) is 22.3. The zero-order chi connectivity index (χ0) is 22.5. The van der Waals surface area contributed by atoms with Crippen LogP contribution >= 0.6 is 0 Å². The van der Waals surface area contributed by atoms with Gasteiger partial charge in [-0.1, -0.05) is 24.6 Å². The van der Waals surface area contributed by atoms with Crippen molar-refractivity contribution in [3.05, 3.63) is 59.3 Å². The van der Waals surface area contributed by atoms with Crippen LogP contribution in [0, 0.1) is 5.92 Å². The minimum atomic E-state index is 0.459. The second-order valence-corrected chi connectivity index (χ2v) is 8.84. The summed E-state index contributed by atoms with van der Waals surface area (Å²) in [5.74, 6) is 2.43. The standard InChI is InChI=1S/C25H34N6O/c1-4-19(2)14-22(21-6-5-8-27-23(21)15-20-16-30(17-20)18-32)25-28-24(7-11-29(25)3)31-12-9-26-10-13-31/h5-8,11,14,18,20,26H,4,9-10,12-13,15-17H2,1-3H3/b19-14?,25-22+. The minimum absolute atomic E-state index is 0.459. The van der Waals surface area contributed by atoms with Crippen molar-refractivity contribution in [2.45, 2.75) is 26.7 Å². The first-order valence-electron chi connectivity index (χ1n) is 11.6. The molecule has 0 saturated carbocycles. The Kier molecular flexibility index (Phi) is 7.05. The molecule has 0 unspecified atom stereocenters. The third-order valence-corrected chi connectivity index (χ3v) is 6.43. The van der Waals surface area contributed by atoms with Crippen molar-refractivity contribution in [2.75, 3.05) is 46.3 Å². The highest BCUT2D eigenvalue weighted by atomic mass is 16.1. The molecule has 2 saturated heterocycles. The maximum absolute atomic E-state index is 11.0. The van der Waals surface area contributed by atoms with E-state index in [0.717, 1.165) is 87.0 Å². The third kappa shape index (κ3) is 4.93. The van der Waals surface area contributed by atoms with Gasteiger partial charge in [-0.3, -0.25) is 9.78 Å². The quantitative estimate of drug-likeness (QED) is 0.697. The molecule has 0 atom stereocenters. The number of piperazine rings is 1. The van der Waals surface area contributed by atoms with Crippen LogP contribution in [0.2, 0.25) is 0 Å². The highest BCUT2D eigenvalue weighted by Gasteiger charge is 2.28. The highest BCUT2D eigenvalue weighted by molar-refractivity contribution is 5.96. The van der Waals surface area contributed by atoms with E-state index in [2.05, 4.69) is 60.4 Å². The number of allylic oxidation sites excluding steroid dienone is 3. The molecule has 3 aliphatic rings. The Morgan fingerprint density at radius 3 is 2.78 bits per heavy atom. The highest BCUT2D eigenvalue weighted by Crippen LogP contribution is 2.31. The fraction of sp³-hybridized carbons (Fsp3) is 0.480. The second kappa shape index (κ2) is 10.1. The molecule has 1 amide bonds. The molecule has 1 aromatic heterocycles. The van der Waals surface area contributed by atoms with Crippen molar-refractivity contribution in [3.63, 3.8) is 0 Å². The van der Waals surface area contributed by atoms with E-state index < -0.39 is 0 Å². The Bertz CT molecular complexity index is 951. The van der Waals surface area contributed by atoms with Crippen LogP contribution in [-0.4, -0.2) is 78.2 Å². The minimum Gasteiger partial charge on any atom is -0.354 e. The Hall–Kier alpha value is -2.93. The number of nitrogens with one attached hydrogen (secondary N) is 1. The molecule has 2 fully saturated rings. The first-order valence-corrected chi connectivity index (χ1v) is 11.6. The topological polar surface area (TPSA) is 64.1 Å². The van der Waals surface area contributed by atoms with Gasteiger partial charge in [-0.05, 0) is 37.8 Å². The fourth-order valence-corrected chi connectivity index (χ4v) is 4.35. The first-order chi connectivity index (χ1) is 15.6. The lowest BCUT2D eigenvalue weighted by Crippen LogP contribution is -2.46. The lowest BCUT2D eigenvalue weighted by Gasteiger charge is -2.36. The predicted octanol–water partition coefficient (Wildman–Crippen LogP) is 2.50. The predicted molar refractivity (Wildman–Crippen MR) is 129 cm³/mol. The molecule has 7 heteroatoms. The zero-order valence-electron chi connectivity index (χ0n) is 19.4. The summed E-state index contributed by atoms with van der Waals surface area (Å²) in [6.45, 7) is 9.86. The van der Waals surface area contributed by atoms with Gasteiger partial charge in [0.05, 0.1) is 0 Å². The van der Waals surface area contributed by atoms with E-state index in [0.29, 0.717) is 5.92 Å². The van der Waals surface area contributed by atoms with Gasteiger partial charge in [0.25, 0.3) is 0 Å². The van der Waals surface area contributed by atoms with Crippen molar-refractivity contribution in [2.24, 2.45) is 10.9 Å². The van der Waals surface area contributed by atoms with Gasteiger partial charge in [0.2, 0.25) is 6.41 Å². The number of aromatic nitrogens is 1. The molecule has 0 bridgehead atoms. The SMILES string of the molecule is CCC(C)=C/C(=C1/N=C(N2CCNCC2)C=CN1C)c1cccnc1CC1CN(C=O)C1. The Labute approximate surface area is 191 Å². The van der Waals surface area contributed by atoms with Crippen LogP contribution in [0.3, 0.4) is 0 Å². The van der Waals surface area contributed by atoms with E-state index in [9.17, 15) is 4.79 Å². The summed E-state index contributed by atoms with van der Waals surface area (Å²) < 4.78 is 0. The largest absolute Gasteiger partial charge is 0.354 e. The Balaban J connectivity index is 1.74. The smallest absolute Gasteiger partial charge is 0.209 e.